The molecule has 0 unspecified atom stereocenters. The largest absolute Gasteiger partial charge is 0.380 e. The van der Waals surface area contributed by atoms with E-state index in [0.717, 1.165) is 19.8 Å². The Hall–Kier alpha value is -1.69. The molecule has 1 aromatic rings. The molecule has 17 heavy (non-hydrogen) atoms. The summed E-state index contributed by atoms with van der Waals surface area (Å²) in [6.07, 6.45) is 0. The van der Waals surface area contributed by atoms with Crippen molar-refractivity contribution in [2.45, 2.75) is 6.92 Å². The van der Waals surface area contributed by atoms with Crippen molar-refractivity contribution < 1.29 is 9.53 Å². The second kappa shape index (κ2) is 4.67. The summed E-state index contributed by atoms with van der Waals surface area (Å²) in [5, 5.41) is 13.5. The van der Waals surface area contributed by atoms with Gasteiger partial charge in [-0.05, 0) is 12.1 Å². The first kappa shape index (κ1) is 11.8. The number of hydrogen-bond donors (Lipinski definition) is 2. The van der Waals surface area contributed by atoms with Gasteiger partial charge in [-0.1, -0.05) is 6.92 Å². The number of nitrogens with one attached hydrogen (secondary N) is 2. The van der Waals surface area contributed by atoms with E-state index in [2.05, 4.69) is 27.8 Å². The first-order chi connectivity index (χ1) is 8.13. The molecule has 0 aromatic carbocycles. The number of ether oxygens (including phenoxy) is 1. The zero-order valence-corrected chi connectivity index (χ0v) is 9.99. The molecule has 0 spiro atoms. The number of anilines is 1. The number of rotatable bonds is 4. The predicted octanol–water partition coefficient (Wildman–Crippen LogP) is 0.285. The molecule has 0 bridgehead atoms. The zero-order chi connectivity index (χ0) is 12.3. The van der Waals surface area contributed by atoms with Gasteiger partial charge in [-0.25, -0.2) is 0 Å². The Labute approximate surface area is 99.8 Å². The van der Waals surface area contributed by atoms with Gasteiger partial charge in [0.1, 0.15) is 5.82 Å². The molecule has 1 aromatic heterocycles. The van der Waals surface area contributed by atoms with Gasteiger partial charge in [0, 0.05) is 19.0 Å². The third-order valence-corrected chi connectivity index (χ3v) is 2.72. The van der Waals surface area contributed by atoms with Crippen molar-refractivity contribution in [2.75, 3.05) is 32.1 Å². The fourth-order valence-corrected chi connectivity index (χ4v) is 1.53. The van der Waals surface area contributed by atoms with Crippen LogP contribution in [0.5, 0.6) is 0 Å². The third-order valence-electron chi connectivity index (χ3n) is 2.72. The Balaban J connectivity index is 1.91. The Morgan fingerprint density at radius 2 is 2.24 bits per heavy atom. The Bertz CT molecular complexity index is 400. The smallest absolute Gasteiger partial charge is 0.271 e. The normalized spacial score (nSPS) is 17.1. The van der Waals surface area contributed by atoms with Crippen LogP contribution in [0.25, 0.3) is 0 Å². The molecular formula is C11H16N4O2. The lowest BCUT2D eigenvalue weighted by molar-refractivity contribution is -0.0924. The van der Waals surface area contributed by atoms with Gasteiger partial charge in [0.2, 0.25) is 0 Å². The van der Waals surface area contributed by atoms with Crippen LogP contribution in [-0.4, -0.2) is 42.9 Å². The van der Waals surface area contributed by atoms with Gasteiger partial charge < -0.3 is 15.4 Å². The van der Waals surface area contributed by atoms with Crippen LogP contribution in [0.2, 0.25) is 0 Å². The van der Waals surface area contributed by atoms with Crippen molar-refractivity contribution in [1.29, 1.82) is 0 Å². The van der Waals surface area contributed by atoms with Crippen LogP contribution in [0, 0.1) is 5.41 Å². The molecule has 0 radical (unpaired) electrons. The van der Waals surface area contributed by atoms with Crippen molar-refractivity contribution in [3.05, 3.63) is 17.8 Å². The van der Waals surface area contributed by atoms with Gasteiger partial charge in [-0.2, -0.15) is 0 Å². The van der Waals surface area contributed by atoms with Gasteiger partial charge >= 0.3 is 0 Å². The van der Waals surface area contributed by atoms with E-state index in [-0.39, 0.29) is 11.3 Å². The maximum absolute atomic E-state index is 11.2. The first-order valence-electron chi connectivity index (χ1n) is 5.50. The van der Waals surface area contributed by atoms with E-state index in [4.69, 9.17) is 4.74 Å². The molecule has 1 saturated heterocycles. The number of carbonyl (C=O) groups is 1. The van der Waals surface area contributed by atoms with Crippen molar-refractivity contribution in [1.82, 2.24) is 15.5 Å². The summed E-state index contributed by atoms with van der Waals surface area (Å²) >= 11 is 0. The SMILES string of the molecule is CNC(=O)c1ccc(NCC2(C)COC2)nn1. The molecule has 1 fully saturated rings. The van der Waals surface area contributed by atoms with Crippen molar-refractivity contribution in [3.63, 3.8) is 0 Å². The Morgan fingerprint density at radius 3 is 2.71 bits per heavy atom. The van der Waals surface area contributed by atoms with Crippen LogP contribution in [0.15, 0.2) is 12.1 Å². The van der Waals surface area contributed by atoms with Crippen LogP contribution in [0.3, 0.4) is 0 Å². The highest BCUT2D eigenvalue weighted by molar-refractivity contribution is 5.91. The number of carbonyl (C=O) groups excluding carboxylic acids is 1. The Kier molecular flexibility index (Phi) is 3.23. The lowest BCUT2D eigenvalue weighted by atomic mass is 9.89. The lowest BCUT2D eigenvalue weighted by Crippen LogP contribution is -2.45. The predicted molar refractivity (Wildman–Crippen MR) is 62.8 cm³/mol. The van der Waals surface area contributed by atoms with E-state index in [1.54, 1.807) is 19.2 Å². The second-order valence-corrected chi connectivity index (χ2v) is 4.54. The molecule has 6 heteroatoms. The van der Waals surface area contributed by atoms with Crippen LogP contribution >= 0.6 is 0 Å². The van der Waals surface area contributed by atoms with Crippen molar-refractivity contribution in [3.8, 4) is 0 Å². The minimum absolute atomic E-state index is 0.182. The minimum Gasteiger partial charge on any atom is -0.380 e. The fourth-order valence-electron chi connectivity index (χ4n) is 1.53. The second-order valence-electron chi connectivity index (χ2n) is 4.54. The molecule has 6 nitrogen and oxygen atoms in total. The van der Waals surface area contributed by atoms with E-state index in [1.807, 2.05) is 0 Å². The van der Waals surface area contributed by atoms with Gasteiger partial charge in [0.15, 0.2) is 5.69 Å². The Morgan fingerprint density at radius 1 is 1.47 bits per heavy atom. The first-order valence-corrected chi connectivity index (χ1v) is 5.50. The molecule has 0 saturated carbocycles. The monoisotopic (exact) mass is 236 g/mol. The van der Waals surface area contributed by atoms with Crippen molar-refractivity contribution >= 4 is 11.7 Å². The highest BCUT2D eigenvalue weighted by Gasteiger charge is 2.33. The van der Waals surface area contributed by atoms with Gasteiger partial charge in [-0.3, -0.25) is 4.79 Å². The van der Waals surface area contributed by atoms with Crippen molar-refractivity contribution in [2.24, 2.45) is 5.41 Å². The summed E-state index contributed by atoms with van der Waals surface area (Å²) in [6, 6.07) is 3.40. The number of amides is 1. The average Bonchev–Trinajstić information content (AvgIpc) is 2.33. The molecule has 1 aliphatic heterocycles. The molecular weight excluding hydrogens is 220 g/mol. The average molecular weight is 236 g/mol. The van der Waals surface area contributed by atoms with Crippen LogP contribution < -0.4 is 10.6 Å². The van der Waals surface area contributed by atoms with Gasteiger partial charge in [-0.15, -0.1) is 10.2 Å². The molecule has 92 valence electrons. The number of aromatic nitrogens is 2. The molecule has 0 aliphatic carbocycles. The lowest BCUT2D eigenvalue weighted by Gasteiger charge is -2.38. The summed E-state index contributed by atoms with van der Waals surface area (Å²) in [6.45, 7) is 4.48. The van der Waals surface area contributed by atoms with E-state index < -0.39 is 0 Å². The highest BCUT2D eigenvalue weighted by Crippen LogP contribution is 2.26. The summed E-state index contributed by atoms with van der Waals surface area (Å²) in [7, 11) is 1.56. The van der Waals surface area contributed by atoms with E-state index in [9.17, 15) is 4.79 Å². The maximum atomic E-state index is 11.2. The molecule has 0 atom stereocenters. The maximum Gasteiger partial charge on any atom is 0.271 e. The van der Waals surface area contributed by atoms with Gasteiger partial charge in [0.05, 0.1) is 13.2 Å². The summed E-state index contributed by atoms with van der Waals surface area (Å²) < 4.78 is 5.16. The van der Waals surface area contributed by atoms with E-state index >= 15 is 0 Å². The van der Waals surface area contributed by atoms with Gasteiger partial charge in [0.25, 0.3) is 5.91 Å². The topological polar surface area (TPSA) is 76.1 Å². The quantitative estimate of drug-likeness (QED) is 0.785. The fraction of sp³-hybridized carbons (Fsp3) is 0.545. The minimum atomic E-state index is -0.233. The third kappa shape index (κ3) is 2.71. The number of nitrogens with zero attached hydrogens (tertiary/aromatic N) is 2. The zero-order valence-electron chi connectivity index (χ0n) is 9.99. The van der Waals surface area contributed by atoms with Crippen LogP contribution in [0.1, 0.15) is 17.4 Å². The number of hydrogen-bond acceptors (Lipinski definition) is 5. The van der Waals surface area contributed by atoms with Crippen LogP contribution in [0.4, 0.5) is 5.82 Å². The molecule has 1 aliphatic rings. The molecule has 2 rings (SSSR count). The summed E-state index contributed by atoms with van der Waals surface area (Å²) in [5.41, 5.74) is 0.498. The standard InChI is InChI=1S/C11H16N4O2/c1-11(6-17-7-11)5-13-9-4-3-8(14-15-9)10(16)12-2/h3-4H,5-7H2,1-2H3,(H,12,16)(H,13,15). The summed E-state index contributed by atoms with van der Waals surface area (Å²) in [5.74, 6) is 0.439. The molecule has 2 N–H and O–H groups in total. The van der Waals surface area contributed by atoms with Crippen LogP contribution in [-0.2, 0) is 4.74 Å². The molecule has 1 amide bonds. The van der Waals surface area contributed by atoms with E-state index in [0.29, 0.717) is 11.5 Å². The molecule has 2 heterocycles. The summed E-state index contributed by atoms with van der Waals surface area (Å²) in [4.78, 5) is 11.2. The highest BCUT2D eigenvalue weighted by atomic mass is 16.5. The van der Waals surface area contributed by atoms with E-state index in [1.165, 1.54) is 0 Å².